The average molecular weight is 391 g/mol. The van der Waals surface area contributed by atoms with Crippen molar-refractivity contribution in [2.75, 3.05) is 17.7 Å². The van der Waals surface area contributed by atoms with Gasteiger partial charge in [-0.2, -0.15) is 0 Å². The number of ether oxygens (including phenoxy) is 2. The normalized spacial score (nSPS) is 15.8. The van der Waals surface area contributed by atoms with Gasteiger partial charge in [0.05, 0.1) is 18.4 Å². The van der Waals surface area contributed by atoms with Crippen LogP contribution in [0.15, 0.2) is 40.9 Å². The molecule has 24 heavy (non-hydrogen) atoms. The van der Waals surface area contributed by atoms with Crippen molar-refractivity contribution in [2.24, 2.45) is 0 Å². The molecule has 1 unspecified atom stereocenters. The molecule has 0 aromatic heterocycles. The lowest BCUT2D eigenvalue weighted by molar-refractivity contribution is -0.122. The quantitative estimate of drug-likeness (QED) is 0.841. The fourth-order valence-electron chi connectivity index (χ4n) is 2.29. The van der Waals surface area contributed by atoms with Crippen molar-refractivity contribution in [1.82, 2.24) is 0 Å². The maximum atomic E-state index is 12.5. The summed E-state index contributed by atoms with van der Waals surface area (Å²) in [4.78, 5) is 24.2. The zero-order valence-corrected chi connectivity index (χ0v) is 14.6. The Morgan fingerprint density at radius 2 is 2.08 bits per heavy atom. The number of hydrogen-bond acceptors (Lipinski definition) is 4. The Bertz CT molecular complexity index is 822. The molecule has 0 saturated heterocycles. The van der Waals surface area contributed by atoms with Gasteiger partial charge in [-0.05, 0) is 59.3 Å². The van der Waals surface area contributed by atoms with Gasteiger partial charge in [0.1, 0.15) is 11.5 Å². The van der Waals surface area contributed by atoms with Gasteiger partial charge in [-0.25, -0.2) is 0 Å². The molecule has 124 valence electrons. The molecule has 2 aromatic carbocycles. The fraction of sp³-hybridized carbons (Fsp3) is 0.176. The van der Waals surface area contributed by atoms with Crippen LogP contribution in [0.5, 0.6) is 11.5 Å². The second-order valence-electron chi connectivity index (χ2n) is 5.26. The Labute approximate surface area is 147 Å². The van der Waals surface area contributed by atoms with E-state index >= 15 is 0 Å². The first-order chi connectivity index (χ1) is 11.5. The molecule has 6 nitrogen and oxygen atoms in total. The molecule has 1 aliphatic heterocycles. The number of carbonyl (C=O) groups excluding carboxylic acids is 2. The first-order valence-electron chi connectivity index (χ1n) is 7.24. The smallest absolute Gasteiger partial charge is 0.265 e. The highest BCUT2D eigenvalue weighted by molar-refractivity contribution is 9.10. The summed E-state index contributed by atoms with van der Waals surface area (Å²) in [6, 6.07) is 10.2. The van der Waals surface area contributed by atoms with Gasteiger partial charge in [0.2, 0.25) is 0 Å². The van der Waals surface area contributed by atoms with Gasteiger partial charge in [-0.1, -0.05) is 0 Å². The van der Waals surface area contributed by atoms with E-state index in [1.807, 2.05) is 0 Å². The molecule has 1 aliphatic rings. The Kier molecular flexibility index (Phi) is 4.44. The number of amides is 2. The summed E-state index contributed by atoms with van der Waals surface area (Å²) in [5.74, 6) is 0.643. The molecule has 2 N–H and O–H groups in total. The molecule has 0 fully saturated rings. The van der Waals surface area contributed by atoms with E-state index in [0.29, 0.717) is 32.9 Å². The minimum Gasteiger partial charge on any atom is -0.497 e. The molecule has 1 heterocycles. The predicted octanol–water partition coefficient (Wildman–Crippen LogP) is 3.43. The second-order valence-corrected chi connectivity index (χ2v) is 6.11. The minimum atomic E-state index is -0.536. The van der Waals surface area contributed by atoms with Crippen molar-refractivity contribution in [3.05, 3.63) is 46.4 Å². The van der Waals surface area contributed by atoms with Crippen molar-refractivity contribution < 1.29 is 19.1 Å². The number of methoxy groups -OCH3 is 1. The van der Waals surface area contributed by atoms with Gasteiger partial charge in [0.25, 0.3) is 11.8 Å². The molecule has 1 atom stereocenters. The lowest BCUT2D eigenvalue weighted by Gasteiger charge is -2.23. The summed E-state index contributed by atoms with van der Waals surface area (Å²) >= 11 is 3.35. The Balaban J connectivity index is 1.83. The lowest BCUT2D eigenvalue weighted by atomic mass is 10.1. The molecule has 2 amide bonds. The van der Waals surface area contributed by atoms with E-state index in [4.69, 9.17) is 9.47 Å². The zero-order chi connectivity index (χ0) is 17.3. The molecule has 0 bridgehead atoms. The van der Waals surface area contributed by atoms with Crippen LogP contribution in [0.4, 0.5) is 11.4 Å². The largest absolute Gasteiger partial charge is 0.497 e. The topological polar surface area (TPSA) is 76.7 Å². The summed E-state index contributed by atoms with van der Waals surface area (Å²) in [6.07, 6.45) is -0.536. The Morgan fingerprint density at radius 3 is 2.83 bits per heavy atom. The summed E-state index contributed by atoms with van der Waals surface area (Å²) in [5.41, 5.74) is 1.52. The standard InChI is InChI=1S/C17H15BrN2O4/c1-9-16(21)20-14-7-10(3-6-15(14)24-9)19-17(22)12-8-11(23-2)4-5-13(12)18/h3-9H,1-2H3,(H,19,22)(H,20,21). The number of hydrogen-bond donors (Lipinski definition) is 2. The first-order valence-corrected chi connectivity index (χ1v) is 8.03. The number of halogens is 1. The van der Waals surface area contributed by atoms with Crippen LogP contribution in [0.2, 0.25) is 0 Å². The third-order valence-electron chi connectivity index (χ3n) is 3.59. The van der Waals surface area contributed by atoms with Gasteiger partial charge in [0, 0.05) is 10.2 Å². The van der Waals surface area contributed by atoms with Crippen LogP contribution in [0, 0.1) is 0 Å². The van der Waals surface area contributed by atoms with Crippen LogP contribution in [-0.4, -0.2) is 25.0 Å². The first kappa shape index (κ1) is 16.3. The average Bonchev–Trinajstić information content (AvgIpc) is 2.56. The molecular weight excluding hydrogens is 376 g/mol. The highest BCUT2D eigenvalue weighted by atomic mass is 79.9. The van der Waals surface area contributed by atoms with E-state index in [2.05, 4.69) is 26.6 Å². The van der Waals surface area contributed by atoms with Crippen LogP contribution in [0.1, 0.15) is 17.3 Å². The summed E-state index contributed by atoms with van der Waals surface area (Å²) in [7, 11) is 1.54. The summed E-state index contributed by atoms with van der Waals surface area (Å²) in [5, 5.41) is 5.54. The molecular formula is C17H15BrN2O4. The number of anilines is 2. The molecule has 0 saturated carbocycles. The molecule has 2 aromatic rings. The number of rotatable bonds is 3. The second kappa shape index (κ2) is 6.52. The maximum absolute atomic E-state index is 12.5. The van der Waals surface area contributed by atoms with Crippen LogP contribution in [-0.2, 0) is 4.79 Å². The summed E-state index contributed by atoms with van der Waals surface area (Å²) < 4.78 is 11.3. The third kappa shape index (κ3) is 3.21. The SMILES string of the molecule is COc1ccc(Br)c(C(=O)Nc2ccc3c(c2)NC(=O)C(C)O3)c1. The van der Waals surface area contributed by atoms with Gasteiger partial charge in [0.15, 0.2) is 6.10 Å². The van der Waals surface area contributed by atoms with Gasteiger partial charge >= 0.3 is 0 Å². The number of benzene rings is 2. The van der Waals surface area contributed by atoms with Crippen molar-refractivity contribution in [3.63, 3.8) is 0 Å². The van der Waals surface area contributed by atoms with Gasteiger partial charge in [-0.15, -0.1) is 0 Å². The number of carbonyl (C=O) groups is 2. The Hall–Kier alpha value is -2.54. The molecule has 3 rings (SSSR count). The van der Waals surface area contributed by atoms with Crippen LogP contribution < -0.4 is 20.1 Å². The van der Waals surface area contributed by atoms with Crippen molar-refractivity contribution in [3.8, 4) is 11.5 Å². The highest BCUT2D eigenvalue weighted by Crippen LogP contribution is 2.32. The summed E-state index contributed by atoms with van der Waals surface area (Å²) in [6.45, 7) is 1.67. The predicted molar refractivity (Wildman–Crippen MR) is 93.8 cm³/mol. The van der Waals surface area contributed by atoms with Crippen molar-refractivity contribution in [1.29, 1.82) is 0 Å². The van der Waals surface area contributed by atoms with Crippen molar-refractivity contribution >= 4 is 39.1 Å². The van der Waals surface area contributed by atoms with E-state index in [1.54, 1.807) is 43.3 Å². The number of fused-ring (bicyclic) bond motifs is 1. The van der Waals surface area contributed by atoms with E-state index in [9.17, 15) is 9.59 Å². The zero-order valence-electron chi connectivity index (χ0n) is 13.1. The van der Waals surface area contributed by atoms with Crippen LogP contribution in [0.25, 0.3) is 0 Å². The minimum absolute atomic E-state index is 0.221. The molecule has 0 radical (unpaired) electrons. The van der Waals surface area contributed by atoms with E-state index in [1.165, 1.54) is 7.11 Å². The highest BCUT2D eigenvalue weighted by Gasteiger charge is 2.23. The van der Waals surface area contributed by atoms with Gasteiger partial charge in [-0.3, -0.25) is 9.59 Å². The molecule has 7 heteroatoms. The van der Waals surface area contributed by atoms with Crippen LogP contribution >= 0.6 is 15.9 Å². The van der Waals surface area contributed by atoms with E-state index in [0.717, 1.165) is 0 Å². The van der Waals surface area contributed by atoms with Crippen LogP contribution in [0.3, 0.4) is 0 Å². The maximum Gasteiger partial charge on any atom is 0.265 e. The third-order valence-corrected chi connectivity index (χ3v) is 4.28. The lowest BCUT2D eigenvalue weighted by Crippen LogP contribution is -2.34. The van der Waals surface area contributed by atoms with E-state index < -0.39 is 6.10 Å². The molecule has 0 aliphatic carbocycles. The van der Waals surface area contributed by atoms with E-state index in [-0.39, 0.29) is 11.8 Å². The van der Waals surface area contributed by atoms with Crippen molar-refractivity contribution in [2.45, 2.75) is 13.0 Å². The monoisotopic (exact) mass is 390 g/mol. The molecule has 0 spiro atoms. The van der Waals surface area contributed by atoms with Gasteiger partial charge < -0.3 is 20.1 Å². The fourth-order valence-corrected chi connectivity index (χ4v) is 2.72. The number of nitrogens with one attached hydrogen (secondary N) is 2. The Morgan fingerprint density at radius 1 is 1.29 bits per heavy atom.